The fraction of sp³-hybridized carbons (Fsp3) is 0.552. The van der Waals surface area contributed by atoms with Gasteiger partial charge in [0, 0.05) is 35.8 Å². The molecule has 9 heteroatoms. The SMILES string of the molecule is O=C(NC1CC1)C(=O)C(CC1CCCC1=O)NC(=O)C1CC2(CCN1C(=O)c1cc3ccccc3[nH]1)CC2. The lowest BCUT2D eigenvalue weighted by molar-refractivity contribution is -0.141. The summed E-state index contributed by atoms with van der Waals surface area (Å²) < 4.78 is 0. The number of likely N-dealkylation sites (tertiary alicyclic amines) is 1. The third kappa shape index (κ3) is 4.98. The zero-order valence-corrected chi connectivity index (χ0v) is 21.5. The Morgan fingerprint density at radius 1 is 1.08 bits per heavy atom. The number of rotatable bonds is 8. The summed E-state index contributed by atoms with van der Waals surface area (Å²) in [7, 11) is 0. The molecule has 0 bridgehead atoms. The number of H-pyrrole nitrogens is 1. The van der Waals surface area contributed by atoms with E-state index < -0.39 is 29.7 Å². The maximum absolute atomic E-state index is 13.8. The molecule has 0 radical (unpaired) electrons. The van der Waals surface area contributed by atoms with Crippen LogP contribution in [0.25, 0.3) is 10.9 Å². The fourth-order valence-corrected chi connectivity index (χ4v) is 6.15. The van der Waals surface area contributed by atoms with Gasteiger partial charge in [0.25, 0.3) is 11.8 Å². The summed E-state index contributed by atoms with van der Waals surface area (Å²) in [6.45, 7) is 0.453. The molecule has 4 fully saturated rings. The quantitative estimate of drug-likeness (QED) is 0.463. The van der Waals surface area contributed by atoms with E-state index in [0.717, 1.165) is 49.4 Å². The Labute approximate surface area is 221 Å². The molecule has 9 nitrogen and oxygen atoms in total. The van der Waals surface area contributed by atoms with E-state index in [4.69, 9.17) is 0 Å². The van der Waals surface area contributed by atoms with Crippen LogP contribution in [0.1, 0.15) is 74.7 Å². The number of amides is 3. The average Bonchev–Trinajstić information content (AvgIpc) is 3.80. The second-order valence-electron chi connectivity index (χ2n) is 11.7. The molecular formula is C29H34N4O5. The summed E-state index contributed by atoms with van der Waals surface area (Å²) in [5.41, 5.74) is 1.33. The van der Waals surface area contributed by atoms with Gasteiger partial charge in [-0.3, -0.25) is 24.0 Å². The summed E-state index contributed by atoms with van der Waals surface area (Å²) >= 11 is 0. The Morgan fingerprint density at radius 3 is 2.55 bits per heavy atom. The molecule has 3 saturated carbocycles. The van der Waals surface area contributed by atoms with Gasteiger partial charge in [-0.2, -0.15) is 0 Å². The second-order valence-corrected chi connectivity index (χ2v) is 11.7. The molecule has 3 N–H and O–H groups in total. The van der Waals surface area contributed by atoms with Gasteiger partial charge < -0.3 is 20.5 Å². The number of ketones is 2. The Morgan fingerprint density at radius 2 is 1.87 bits per heavy atom. The van der Waals surface area contributed by atoms with E-state index in [-0.39, 0.29) is 35.5 Å². The van der Waals surface area contributed by atoms with Gasteiger partial charge in [0.05, 0.1) is 6.04 Å². The molecule has 200 valence electrons. The van der Waals surface area contributed by atoms with Gasteiger partial charge in [-0.1, -0.05) is 18.2 Å². The van der Waals surface area contributed by atoms with Crippen molar-refractivity contribution in [3.63, 3.8) is 0 Å². The third-order valence-corrected chi connectivity index (χ3v) is 8.89. The first-order chi connectivity index (χ1) is 18.3. The van der Waals surface area contributed by atoms with Crippen molar-refractivity contribution in [1.29, 1.82) is 0 Å². The van der Waals surface area contributed by atoms with Gasteiger partial charge in [-0.15, -0.1) is 0 Å². The highest BCUT2D eigenvalue weighted by Gasteiger charge is 2.51. The standard InChI is InChI=1S/C29H34N4O5/c34-24-7-3-5-18(24)15-21(25(35)27(37)30-19-8-9-19)32-26(36)23-16-29(10-11-29)12-13-33(23)28(38)22-14-17-4-1-2-6-20(17)31-22/h1-2,4,6,14,18-19,21,23,31H,3,5,7-13,15-16H2,(H,30,37)(H,32,36). The normalized spacial score (nSPS) is 24.8. The lowest BCUT2D eigenvalue weighted by Gasteiger charge is -2.39. The molecule has 4 aliphatic rings. The number of aromatic amines is 1. The van der Waals surface area contributed by atoms with Crippen molar-refractivity contribution in [3.8, 4) is 0 Å². The predicted molar refractivity (Wildman–Crippen MR) is 139 cm³/mol. The van der Waals surface area contributed by atoms with Crippen molar-refractivity contribution in [2.75, 3.05) is 6.54 Å². The molecule has 1 aromatic heterocycles. The Bertz CT molecular complexity index is 1270. The van der Waals surface area contributed by atoms with Gasteiger partial charge >= 0.3 is 0 Å². The van der Waals surface area contributed by atoms with Crippen LogP contribution in [0.15, 0.2) is 30.3 Å². The van der Waals surface area contributed by atoms with Crippen molar-refractivity contribution >= 4 is 40.2 Å². The molecule has 3 aliphatic carbocycles. The van der Waals surface area contributed by atoms with Gasteiger partial charge in [0.2, 0.25) is 11.7 Å². The molecule has 2 heterocycles. The number of benzene rings is 1. The first-order valence-corrected chi connectivity index (χ1v) is 13.9. The van der Waals surface area contributed by atoms with Gasteiger partial charge in [-0.05, 0) is 75.3 Å². The molecule has 38 heavy (non-hydrogen) atoms. The van der Waals surface area contributed by atoms with Crippen LogP contribution in [0.5, 0.6) is 0 Å². The van der Waals surface area contributed by atoms with Gasteiger partial charge in [0.1, 0.15) is 17.5 Å². The number of hydrogen-bond acceptors (Lipinski definition) is 5. The van der Waals surface area contributed by atoms with Crippen LogP contribution in [0.2, 0.25) is 0 Å². The van der Waals surface area contributed by atoms with Gasteiger partial charge in [0.15, 0.2) is 0 Å². The number of para-hydroxylation sites is 1. The monoisotopic (exact) mass is 518 g/mol. The van der Waals surface area contributed by atoms with Crippen LogP contribution in [-0.2, 0) is 19.2 Å². The van der Waals surface area contributed by atoms with Crippen molar-refractivity contribution in [2.45, 2.75) is 82.3 Å². The summed E-state index contributed by atoms with van der Waals surface area (Å²) in [5.74, 6) is -2.37. The maximum atomic E-state index is 13.8. The maximum Gasteiger partial charge on any atom is 0.289 e. The van der Waals surface area contributed by atoms with Crippen molar-refractivity contribution in [3.05, 3.63) is 36.0 Å². The number of nitrogens with one attached hydrogen (secondary N) is 3. The number of nitrogens with zero attached hydrogens (tertiary/aromatic N) is 1. The zero-order chi connectivity index (χ0) is 26.4. The van der Waals surface area contributed by atoms with E-state index in [0.29, 0.717) is 31.5 Å². The first kappa shape index (κ1) is 24.8. The number of fused-ring (bicyclic) bond motifs is 1. The molecular weight excluding hydrogens is 484 g/mol. The largest absolute Gasteiger partial charge is 0.351 e. The highest BCUT2D eigenvalue weighted by molar-refractivity contribution is 6.38. The van der Waals surface area contributed by atoms with Crippen LogP contribution >= 0.6 is 0 Å². The number of aromatic nitrogens is 1. The Hall–Kier alpha value is -3.49. The van der Waals surface area contributed by atoms with Crippen LogP contribution in [0.3, 0.4) is 0 Å². The van der Waals surface area contributed by atoms with Crippen LogP contribution in [-0.4, -0.2) is 63.8 Å². The third-order valence-electron chi connectivity index (χ3n) is 8.89. The van der Waals surface area contributed by atoms with E-state index in [1.807, 2.05) is 24.3 Å². The minimum Gasteiger partial charge on any atom is -0.351 e. The molecule has 1 aliphatic heterocycles. The molecule has 6 rings (SSSR count). The van der Waals surface area contributed by atoms with E-state index in [2.05, 4.69) is 15.6 Å². The van der Waals surface area contributed by atoms with Gasteiger partial charge in [-0.25, -0.2) is 0 Å². The first-order valence-electron chi connectivity index (χ1n) is 13.9. The fourth-order valence-electron chi connectivity index (χ4n) is 6.15. The topological polar surface area (TPSA) is 128 Å². The number of Topliss-reactive ketones (excluding diaryl/α,β-unsaturated/α-hetero) is 2. The predicted octanol–water partition coefficient (Wildman–Crippen LogP) is 2.64. The van der Waals surface area contributed by atoms with Crippen molar-refractivity contribution in [2.24, 2.45) is 11.3 Å². The Kier molecular flexibility index (Phi) is 6.32. The summed E-state index contributed by atoms with van der Waals surface area (Å²) in [4.78, 5) is 70.4. The molecule has 2 aromatic rings. The smallest absolute Gasteiger partial charge is 0.289 e. The number of carbonyl (C=O) groups is 5. The van der Waals surface area contributed by atoms with Crippen molar-refractivity contribution in [1.82, 2.24) is 20.5 Å². The highest BCUT2D eigenvalue weighted by Crippen LogP contribution is 2.55. The van der Waals surface area contributed by atoms with E-state index in [9.17, 15) is 24.0 Å². The molecule has 1 spiro atoms. The van der Waals surface area contributed by atoms with Crippen LogP contribution in [0.4, 0.5) is 0 Å². The molecule has 3 amide bonds. The molecule has 3 atom stereocenters. The minimum atomic E-state index is -1.09. The Balaban J connectivity index is 1.23. The number of piperidine rings is 1. The summed E-state index contributed by atoms with van der Waals surface area (Å²) in [5, 5.41) is 6.46. The highest BCUT2D eigenvalue weighted by atomic mass is 16.2. The number of hydrogen-bond donors (Lipinski definition) is 3. The van der Waals surface area contributed by atoms with Crippen molar-refractivity contribution < 1.29 is 24.0 Å². The van der Waals surface area contributed by atoms with E-state index in [1.165, 1.54) is 0 Å². The zero-order valence-electron chi connectivity index (χ0n) is 21.5. The van der Waals surface area contributed by atoms with E-state index in [1.54, 1.807) is 11.0 Å². The van der Waals surface area contributed by atoms with Crippen LogP contribution in [0, 0.1) is 11.3 Å². The lowest BCUT2D eigenvalue weighted by Crippen LogP contribution is -2.58. The summed E-state index contributed by atoms with van der Waals surface area (Å²) in [6, 6.07) is 7.61. The lowest BCUT2D eigenvalue weighted by atomic mass is 9.86. The number of carbonyl (C=O) groups excluding carboxylic acids is 5. The van der Waals surface area contributed by atoms with E-state index >= 15 is 0 Å². The molecule has 1 saturated heterocycles. The van der Waals surface area contributed by atoms with Crippen LogP contribution < -0.4 is 10.6 Å². The minimum absolute atomic E-state index is 0.00778. The molecule has 3 unspecified atom stereocenters. The molecule has 1 aromatic carbocycles. The second kappa shape index (κ2) is 9.67. The summed E-state index contributed by atoms with van der Waals surface area (Å²) in [6.07, 6.45) is 7.08. The average molecular weight is 519 g/mol.